The van der Waals surface area contributed by atoms with Gasteiger partial charge in [-0.15, -0.1) is 0 Å². The summed E-state index contributed by atoms with van der Waals surface area (Å²) in [6, 6.07) is 10.7. The molecule has 0 amide bonds. The van der Waals surface area contributed by atoms with E-state index in [0.29, 0.717) is 0 Å². The van der Waals surface area contributed by atoms with Crippen LogP contribution >= 0.6 is 11.8 Å². The van der Waals surface area contributed by atoms with Crippen molar-refractivity contribution in [3.05, 3.63) is 30.3 Å². The van der Waals surface area contributed by atoms with Gasteiger partial charge in [-0.2, -0.15) is 0 Å². The molecule has 1 aliphatic carbocycles. The van der Waals surface area contributed by atoms with Crippen molar-refractivity contribution in [1.82, 2.24) is 0 Å². The molecular formula is C15H24OSSi. The molecule has 0 unspecified atom stereocenters. The number of benzene rings is 1. The highest BCUT2D eigenvalue weighted by Crippen LogP contribution is 2.46. The third-order valence-corrected chi connectivity index (χ3v) is 5.68. The van der Waals surface area contributed by atoms with Gasteiger partial charge in [-0.3, -0.25) is 0 Å². The van der Waals surface area contributed by atoms with Crippen LogP contribution in [0.25, 0.3) is 0 Å². The summed E-state index contributed by atoms with van der Waals surface area (Å²) in [5.74, 6) is 0. The highest BCUT2D eigenvalue weighted by atomic mass is 32.2. The van der Waals surface area contributed by atoms with Crippen LogP contribution in [0.1, 0.15) is 32.1 Å². The summed E-state index contributed by atoms with van der Waals surface area (Å²) in [5.41, 5.74) is 0. The van der Waals surface area contributed by atoms with E-state index in [1.165, 1.54) is 37.0 Å². The van der Waals surface area contributed by atoms with Gasteiger partial charge in [0.25, 0.3) is 0 Å². The molecular weight excluding hydrogens is 256 g/mol. The molecule has 2 rings (SSSR count). The summed E-state index contributed by atoms with van der Waals surface area (Å²) in [4.78, 5) is 1.39. The Morgan fingerprint density at radius 3 is 2.17 bits per heavy atom. The lowest BCUT2D eigenvalue weighted by Crippen LogP contribution is -2.41. The van der Waals surface area contributed by atoms with Gasteiger partial charge >= 0.3 is 0 Å². The summed E-state index contributed by atoms with van der Waals surface area (Å²) in [6.45, 7) is 6.90. The second kappa shape index (κ2) is 5.80. The highest BCUT2D eigenvalue weighted by Gasteiger charge is 2.38. The van der Waals surface area contributed by atoms with Crippen molar-refractivity contribution in [3.63, 3.8) is 0 Å². The van der Waals surface area contributed by atoms with Crippen molar-refractivity contribution in [1.29, 1.82) is 0 Å². The van der Waals surface area contributed by atoms with Crippen molar-refractivity contribution in [2.24, 2.45) is 0 Å². The van der Waals surface area contributed by atoms with Gasteiger partial charge in [0.05, 0.1) is 0 Å². The third-order valence-electron chi connectivity index (χ3n) is 3.15. The Balaban J connectivity index is 2.14. The average molecular weight is 281 g/mol. The molecule has 0 aromatic heterocycles. The fourth-order valence-electron chi connectivity index (χ4n) is 2.58. The first-order valence-electron chi connectivity index (χ1n) is 6.93. The van der Waals surface area contributed by atoms with Crippen LogP contribution in [-0.2, 0) is 4.43 Å². The topological polar surface area (TPSA) is 9.23 Å². The predicted octanol–water partition coefficient (Wildman–Crippen LogP) is 5.29. The van der Waals surface area contributed by atoms with E-state index in [9.17, 15) is 0 Å². The zero-order valence-corrected chi connectivity index (χ0v) is 13.6. The fourth-order valence-corrected chi connectivity index (χ4v) is 6.03. The van der Waals surface area contributed by atoms with Gasteiger partial charge in [-0.05, 0) is 57.5 Å². The summed E-state index contributed by atoms with van der Waals surface area (Å²) in [6.07, 6.45) is 6.40. The number of thioether (sulfide) groups is 1. The molecule has 0 N–H and O–H groups in total. The monoisotopic (exact) mass is 280 g/mol. The van der Waals surface area contributed by atoms with Crippen LogP contribution in [0.3, 0.4) is 0 Å². The first-order chi connectivity index (χ1) is 8.49. The Morgan fingerprint density at radius 2 is 1.61 bits per heavy atom. The minimum Gasteiger partial charge on any atom is -0.403 e. The molecule has 1 aromatic rings. The zero-order chi connectivity index (χ0) is 13.1. The van der Waals surface area contributed by atoms with Crippen LogP contribution in [-0.4, -0.2) is 13.3 Å². The van der Waals surface area contributed by atoms with Crippen molar-refractivity contribution in [3.8, 4) is 0 Å². The van der Waals surface area contributed by atoms with Gasteiger partial charge in [0.1, 0.15) is 4.93 Å². The van der Waals surface area contributed by atoms with Crippen LogP contribution in [0.15, 0.2) is 35.2 Å². The molecule has 100 valence electrons. The lowest BCUT2D eigenvalue weighted by atomic mass is 9.97. The van der Waals surface area contributed by atoms with Crippen molar-refractivity contribution < 1.29 is 4.43 Å². The minimum atomic E-state index is -1.49. The molecule has 1 fully saturated rings. The first kappa shape index (κ1) is 14.2. The van der Waals surface area contributed by atoms with Crippen LogP contribution in [0.2, 0.25) is 19.6 Å². The molecule has 18 heavy (non-hydrogen) atoms. The maximum absolute atomic E-state index is 6.57. The van der Waals surface area contributed by atoms with Crippen LogP contribution in [0, 0.1) is 0 Å². The lowest BCUT2D eigenvalue weighted by molar-refractivity contribution is 0.113. The Hall–Kier alpha value is -0.253. The zero-order valence-electron chi connectivity index (χ0n) is 11.7. The molecule has 0 heterocycles. The van der Waals surface area contributed by atoms with Gasteiger partial charge in [-0.1, -0.05) is 36.4 Å². The van der Waals surface area contributed by atoms with Gasteiger partial charge < -0.3 is 4.43 Å². The summed E-state index contributed by atoms with van der Waals surface area (Å²) in [5, 5.41) is 0. The molecule has 0 radical (unpaired) electrons. The van der Waals surface area contributed by atoms with E-state index in [1.807, 2.05) is 11.8 Å². The largest absolute Gasteiger partial charge is 0.403 e. The molecule has 1 aromatic carbocycles. The van der Waals surface area contributed by atoms with E-state index in [0.717, 1.165) is 0 Å². The molecule has 0 bridgehead atoms. The van der Waals surface area contributed by atoms with E-state index >= 15 is 0 Å². The van der Waals surface area contributed by atoms with Gasteiger partial charge in [0, 0.05) is 4.90 Å². The normalized spacial score (nSPS) is 19.7. The van der Waals surface area contributed by atoms with Gasteiger partial charge in [0.15, 0.2) is 8.32 Å². The maximum Gasteiger partial charge on any atom is 0.185 e. The van der Waals surface area contributed by atoms with Crippen LogP contribution in [0.4, 0.5) is 0 Å². The molecule has 0 saturated heterocycles. The smallest absolute Gasteiger partial charge is 0.185 e. The lowest BCUT2D eigenvalue weighted by Gasteiger charge is -2.41. The minimum absolute atomic E-state index is 0.0457. The standard InChI is InChI=1S/C15H24OSSi/c1-18(2,3)16-15(12-8-5-9-13-15)17-14-10-6-4-7-11-14/h4,6-7,10-11H,5,8-9,12-13H2,1-3H3. The average Bonchev–Trinajstić information content (AvgIpc) is 2.28. The fraction of sp³-hybridized carbons (Fsp3) is 0.600. The number of hydrogen-bond acceptors (Lipinski definition) is 2. The maximum atomic E-state index is 6.57. The van der Waals surface area contributed by atoms with Crippen molar-refractivity contribution in [2.45, 2.75) is 61.6 Å². The number of rotatable bonds is 4. The van der Waals surface area contributed by atoms with Crippen molar-refractivity contribution >= 4 is 20.1 Å². The van der Waals surface area contributed by atoms with Crippen molar-refractivity contribution in [2.75, 3.05) is 0 Å². The Morgan fingerprint density at radius 1 is 1.00 bits per heavy atom. The second-order valence-electron chi connectivity index (χ2n) is 6.10. The summed E-state index contributed by atoms with van der Waals surface area (Å²) >= 11 is 1.95. The van der Waals surface area contributed by atoms with Gasteiger partial charge in [0.2, 0.25) is 0 Å². The van der Waals surface area contributed by atoms with Crippen LogP contribution < -0.4 is 0 Å². The summed E-state index contributed by atoms with van der Waals surface area (Å²) in [7, 11) is -1.49. The Labute approximate surface area is 116 Å². The highest BCUT2D eigenvalue weighted by molar-refractivity contribution is 8.00. The molecule has 0 spiro atoms. The Kier molecular flexibility index (Phi) is 4.57. The predicted molar refractivity (Wildman–Crippen MR) is 82.5 cm³/mol. The van der Waals surface area contributed by atoms with Crippen LogP contribution in [0.5, 0.6) is 0 Å². The second-order valence-corrected chi connectivity index (χ2v) is 11.9. The molecule has 1 aliphatic rings. The molecule has 0 aliphatic heterocycles. The van der Waals surface area contributed by atoms with E-state index < -0.39 is 8.32 Å². The molecule has 3 heteroatoms. The van der Waals surface area contributed by atoms with E-state index in [2.05, 4.69) is 50.0 Å². The quantitative estimate of drug-likeness (QED) is 0.547. The van der Waals surface area contributed by atoms with E-state index in [4.69, 9.17) is 4.43 Å². The first-order valence-corrected chi connectivity index (χ1v) is 11.2. The third kappa shape index (κ3) is 4.14. The molecule has 0 atom stereocenters. The van der Waals surface area contributed by atoms with Gasteiger partial charge in [-0.25, -0.2) is 0 Å². The SMILES string of the molecule is C[Si](C)(C)OC1(Sc2ccccc2)CCCCC1. The molecule has 1 nitrogen and oxygen atoms in total. The molecule has 1 saturated carbocycles. The Bertz CT molecular complexity index is 366. The summed E-state index contributed by atoms with van der Waals surface area (Å²) < 4.78 is 6.57. The van der Waals surface area contributed by atoms with E-state index in [-0.39, 0.29) is 4.93 Å². The number of hydrogen-bond donors (Lipinski definition) is 0. The van der Waals surface area contributed by atoms with E-state index in [1.54, 1.807) is 0 Å².